The van der Waals surface area contributed by atoms with Gasteiger partial charge in [-0.05, 0) is 13.8 Å². The molecule has 6 heteroatoms. The minimum atomic E-state index is -0.399. The van der Waals surface area contributed by atoms with Crippen LogP contribution in [0.25, 0.3) is 0 Å². The number of anilines is 1. The summed E-state index contributed by atoms with van der Waals surface area (Å²) in [4.78, 5) is 20.2. The summed E-state index contributed by atoms with van der Waals surface area (Å²) in [7, 11) is 0. The van der Waals surface area contributed by atoms with E-state index in [0.29, 0.717) is 0 Å². The quantitative estimate of drug-likeness (QED) is 0.832. The highest BCUT2D eigenvalue weighted by molar-refractivity contribution is 7.13. The molecule has 1 aromatic heterocycles. The molecular formula is C11H18N4OS. The standard InChI is InChI=1S/C11H18N4OS/c1-8-7-17-11(13-8)15-5-3-14(4-6-15)10(16)9(2)12/h7,9H,3-6,12H2,1-2H3. The van der Waals surface area contributed by atoms with Crippen molar-refractivity contribution in [1.82, 2.24) is 9.88 Å². The highest BCUT2D eigenvalue weighted by Gasteiger charge is 2.24. The summed E-state index contributed by atoms with van der Waals surface area (Å²) >= 11 is 1.66. The average Bonchev–Trinajstić information content (AvgIpc) is 2.75. The number of amides is 1. The maximum absolute atomic E-state index is 11.7. The summed E-state index contributed by atoms with van der Waals surface area (Å²) in [6, 6.07) is -0.399. The van der Waals surface area contributed by atoms with Crippen molar-refractivity contribution in [3.8, 4) is 0 Å². The molecule has 1 atom stereocenters. The maximum Gasteiger partial charge on any atom is 0.239 e. The zero-order chi connectivity index (χ0) is 12.4. The first kappa shape index (κ1) is 12.3. The molecule has 1 aliphatic rings. The van der Waals surface area contributed by atoms with Gasteiger partial charge in [0.15, 0.2) is 5.13 Å². The van der Waals surface area contributed by atoms with Gasteiger partial charge < -0.3 is 15.5 Å². The maximum atomic E-state index is 11.7. The number of aryl methyl sites for hydroxylation is 1. The lowest BCUT2D eigenvalue weighted by atomic mass is 10.2. The van der Waals surface area contributed by atoms with Crippen LogP contribution in [0.5, 0.6) is 0 Å². The molecule has 1 aromatic rings. The second-order valence-electron chi connectivity index (χ2n) is 4.37. The van der Waals surface area contributed by atoms with Crippen molar-refractivity contribution in [3.63, 3.8) is 0 Å². The van der Waals surface area contributed by atoms with Gasteiger partial charge in [-0.15, -0.1) is 11.3 Å². The Morgan fingerprint density at radius 3 is 2.59 bits per heavy atom. The SMILES string of the molecule is Cc1csc(N2CCN(C(=O)C(C)N)CC2)n1. The fraction of sp³-hybridized carbons (Fsp3) is 0.636. The minimum Gasteiger partial charge on any atom is -0.345 e. The van der Waals surface area contributed by atoms with Crippen LogP contribution in [0.1, 0.15) is 12.6 Å². The molecule has 0 spiro atoms. The van der Waals surface area contributed by atoms with Gasteiger partial charge in [0.05, 0.1) is 11.7 Å². The van der Waals surface area contributed by atoms with Crippen LogP contribution < -0.4 is 10.6 Å². The zero-order valence-electron chi connectivity index (χ0n) is 10.2. The van der Waals surface area contributed by atoms with Crippen LogP contribution in [-0.2, 0) is 4.79 Å². The Hall–Kier alpha value is -1.14. The van der Waals surface area contributed by atoms with E-state index >= 15 is 0 Å². The fourth-order valence-corrected chi connectivity index (χ4v) is 2.75. The summed E-state index contributed by atoms with van der Waals surface area (Å²) in [5.41, 5.74) is 6.66. The van der Waals surface area contributed by atoms with Crippen molar-refractivity contribution in [2.24, 2.45) is 5.73 Å². The first-order chi connectivity index (χ1) is 8.08. The van der Waals surface area contributed by atoms with Crippen LogP contribution >= 0.6 is 11.3 Å². The van der Waals surface area contributed by atoms with Gasteiger partial charge in [0, 0.05) is 31.6 Å². The molecule has 1 amide bonds. The van der Waals surface area contributed by atoms with Crippen LogP contribution in [0.4, 0.5) is 5.13 Å². The van der Waals surface area contributed by atoms with Gasteiger partial charge in [-0.1, -0.05) is 0 Å². The van der Waals surface area contributed by atoms with Gasteiger partial charge in [0.1, 0.15) is 0 Å². The van der Waals surface area contributed by atoms with E-state index in [4.69, 9.17) is 5.73 Å². The van der Waals surface area contributed by atoms with E-state index in [0.717, 1.165) is 37.0 Å². The van der Waals surface area contributed by atoms with Crippen molar-refractivity contribution in [1.29, 1.82) is 0 Å². The highest BCUT2D eigenvalue weighted by Crippen LogP contribution is 2.21. The Kier molecular flexibility index (Phi) is 3.63. The number of rotatable bonds is 2. The summed E-state index contributed by atoms with van der Waals surface area (Å²) in [6.45, 7) is 6.88. The predicted molar refractivity (Wildman–Crippen MR) is 69.3 cm³/mol. The lowest BCUT2D eigenvalue weighted by Crippen LogP contribution is -2.52. The number of carbonyl (C=O) groups is 1. The monoisotopic (exact) mass is 254 g/mol. The summed E-state index contributed by atoms with van der Waals surface area (Å²) < 4.78 is 0. The molecule has 1 saturated heterocycles. The Morgan fingerprint density at radius 2 is 2.12 bits per heavy atom. The lowest BCUT2D eigenvalue weighted by molar-refractivity contribution is -0.132. The van der Waals surface area contributed by atoms with Gasteiger partial charge >= 0.3 is 0 Å². The number of nitrogens with two attached hydrogens (primary N) is 1. The Balaban J connectivity index is 1.92. The molecule has 0 aliphatic carbocycles. The van der Waals surface area contributed by atoms with Crippen molar-refractivity contribution in [2.45, 2.75) is 19.9 Å². The van der Waals surface area contributed by atoms with Crippen molar-refractivity contribution < 1.29 is 4.79 Å². The number of carbonyl (C=O) groups excluding carboxylic acids is 1. The number of hydrogen-bond acceptors (Lipinski definition) is 5. The molecule has 94 valence electrons. The fourth-order valence-electron chi connectivity index (χ4n) is 1.89. The molecule has 1 unspecified atom stereocenters. The molecule has 2 N–H and O–H groups in total. The van der Waals surface area contributed by atoms with E-state index in [9.17, 15) is 4.79 Å². The predicted octanol–water partition coefficient (Wildman–Crippen LogP) is 0.447. The highest BCUT2D eigenvalue weighted by atomic mass is 32.1. The van der Waals surface area contributed by atoms with Gasteiger partial charge in [-0.3, -0.25) is 4.79 Å². The van der Waals surface area contributed by atoms with Crippen molar-refractivity contribution in [2.75, 3.05) is 31.1 Å². The molecule has 0 saturated carbocycles. The summed E-state index contributed by atoms with van der Waals surface area (Å²) in [6.07, 6.45) is 0. The number of piperazine rings is 1. The molecule has 0 aromatic carbocycles. The van der Waals surface area contributed by atoms with Gasteiger partial charge in [0.2, 0.25) is 5.91 Å². The smallest absolute Gasteiger partial charge is 0.239 e. The molecular weight excluding hydrogens is 236 g/mol. The minimum absolute atomic E-state index is 0.0416. The van der Waals surface area contributed by atoms with Gasteiger partial charge in [-0.25, -0.2) is 4.98 Å². The largest absolute Gasteiger partial charge is 0.345 e. The number of nitrogens with zero attached hydrogens (tertiary/aromatic N) is 3. The molecule has 0 bridgehead atoms. The second kappa shape index (κ2) is 5.01. The van der Waals surface area contributed by atoms with E-state index in [1.807, 2.05) is 11.8 Å². The van der Waals surface area contributed by atoms with Crippen LogP contribution in [0.3, 0.4) is 0 Å². The second-order valence-corrected chi connectivity index (χ2v) is 5.21. The summed E-state index contributed by atoms with van der Waals surface area (Å²) in [5.74, 6) is 0.0416. The third-order valence-corrected chi connectivity index (χ3v) is 3.88. The van der Waals surface area contributed by atoms with E-state index in [1.54, 1.807) is 18.3 Å². The molecule has 0 radical (unpaired) electrons. The average molecular weight is 254 g/mol. The molecule has 2 rings (SSSR count). The van der Waals surface area contributed by atoms with Crippen LogP contribution in [0.15, 0.2) is 5.38 Å². The van der Waals surface area contributed by atoms with Crippen LogP contribution in [0, 0.1) is 6.92 Å². The molecule has 2 heterocycles. The number of hydrogen-bond donors (Lipinski definition) is 1. The third-order valence-electron chi connectivity index (χ3n) is 2.86. The molecule has 1 fully saturated rings. The lowest BCUT2D eigenvalue weighted by Gasteiger charge is -2.35. The normalized spacial score (nSPS) is 18.3. The van der Waals surface area contributed by atoms with E-state index in [1.165, 1.54) is 0 Å². The zero-order valence-corrected chi connectivity index (χ0v) is 11.0. The molecule has 17 heavy (non-hydrogen) atoms. The molecule has 1 aliphatic heterocycles. The third kappa shape index (κ3) is 2.76. The Bertz CT molecular complexity index is 396. The van der Waals surface area contributed by atoms with Crippen LogP contribution in [-0.4, -0.2) is 48.0 Å². The van der Waals surface area contributed by atoms with Crippen LogP contribution in [0.2, 0.25) is 0 Å². The van der Waals surface area contributed by atoms with Gasteiger partial charge in [0.25, 0.3) is 0 Å². The van der Waals surface area contributed by atoms with Gasteiger partial charge in [-0.2, -0.15) is 0 Å². The first-order valence-electron chi connectivity index (χ1n) is 5.79. The van der Waals surface area contributed by atoms with E-state index in [-0.39, 0.29) is 5.91 Å². The van der Waals surface area contributed by atoms with Crippen molar-refractivity contribution in [3.05, 3.63) is 11.1 Å². The van der Waals surface area contributed by atoms with E-state index in [2.05, 4.69) is 15.3 Å². The Labute approximate surface area is 105 Å². The molecule has 5 nitrogen and oxygen atoms in total. The Morgan fingerprint density at radius 1 is 1.47 bits per heavy atom. The van der Waals surface area contributed by atoms with Crippen molar-refractivity contribution >= 4 is 22.4 Å². The summed E-state index contributed by atoms with van der Waals surface area (Å²) in [5, 5.41) is 3.10. The topological polar surface area (TPSA) is 62.5 Å². The first-order valence-corrected chi connectivity index (χ1v) is 6.67. The number of aromatic nitrogens is 1. The van der Waals surface area contributed by atoms with E-state index < -0.39 is 6.04 Å². The number of thiazole rings is 1.